The molecule has 0 aliphatic heterocycles. The zero-order chi connectivity index (χ0) is 17.1. The fourth-order valence-corrected chi connectivity index (χ4v) is 2.22. The molecule has 0 aliphatic rings. The standard InChI is InChI=1S/C17H17N5O2/c1-10-4-5-13(11(2)8-10)18-15-7-6-14(20-21-15)17(23)19-16-9-12(3)24-22-16/h4-9H,1-3H3,(H,18,21)(H,19,22,23). The van der Waals surface area contributed by atoms with Crippen molar-refractivity contribution < 1.29 is 9.32 Å². The largest absolute Gasteiger partial charge is 0.360 e. The van der Waals surface area contributed by atoms with Crippen LogP contribution in [0.1, 0.15) is 27.4 Å². The smallest absolute Gasteiger partial charge is 0.277 e. The maximum absolute atomic E-state index is 12.1. The van der Waals surface area contributed by atoms with Gasteiger partial charge in [0.15, 0.2) is 17.3 Å². The van der Waals surface area contributed by atoms with Gasteiger partial charge in [0, 0.05) is 11.8 Å². The Kier molecular flexibility index (Phi) is 4.24. The van der Waals surface area contributed by atoms with Crippen LogP contribution in [0.2, 0.25) is 0 Å². The molecule has 0 radical (unpaired) electrons. The molecule has 0 saturated heterocycles. The third kappa shape index (κ3) is 3.57. The van der Waals surface area contributed by atoms with E-state index >= 15 is 0 Å². The van der Waals surface area contributed by atoms with Crippen molar-refractivity contribution in [1.82, 2.24) is 15.4 Å². The second kappa shape index (κ2) is 6.49. The van der Waals surface area contributed by atoms with E-state index in [1.165, 1.54) is 5.56 Å². The molecule has 0 saturated carbocycles. The number of rotatable bonds is 4. The quantitative estimate of drug-likeness (QED) is 0.764. The predicted molar refractivity (Wildman–Crippen MR) is 90.4 cm³/mol. The van der Waals surface area contributed by atoms with Crippen molar-refractivity contribution in [2.24, 2.45) is 0 Å². The number of nitrogens with zero attached hydrogens (tertiary/aromatic N) is 3. The van der Waals surface area contributed by atoms with E-state index in [1.54, 1.807) is 25.1 Å². The van der Waals surface area contributed by atoms with Crippen molar-refractivity contribution in [2.75, 3.05) is 10.6 Å². The van der Waals surface area contributed by atoms with E-state index in [-0.39, 0.29) is 5.69 Å². The zero-order valence-electron chi connectivity index (χ0n) is 13.6. The van der Waals surface area contributed by atoms with Gasteiger partial charge in [0.25, 0.3) is 5.91 Å². The van der Waals surface area contributed by atoms with Gasteiger partial charge < -0.3 is 15.2 Å². The molecule has 0 bridgehead atoms. The van der Waals surface area contributed by atoms with Gasteiger partial charge in [-0.2, -0.15) is 0 Å². The van der Waals surface area contributed by atoms with Crippen LogP contribution in [-0.4, -0.2) is 21.3 Å². The number of carbonyl (C=O) groups excluding carboxylic acids is 1. The van der Waals surface area contributed by atoms with E-state index < -0.39 is 5.91 Å². The Balaban J connectivity index is 1.69. The lowest BCUT2D eigenvalue weighted by Crippen LogP contribution is -2.14. The Labute approximate surface area is 139 Å². The average molecular weight is 323 g/mol. The predicted octanol–water partition coefficient (Wildman–Crippen LogP) is 3.39. The van der Waals surface area contributed by atoms with Gasteiger partial charge in [-0.1, -0.05) is 22.9 Å². The van der Waals surface area contributed by atoms with Crippen molar-refractivity contribution in [2.45, 2.75) is 20.8 Å². The van der Waals surface area contributed by atoms with E-state index in [9.17, 15) is 4.79 Å². The first-order valence-corrected chi connectivity index (χ1v) is 7.44. The van der Waals surface area contributed by atoms with Gasteiger partial charge in [-0.3, -0.25) is 4.79 Å². The van der Waals surface area contributed by atoms with Gasteiger partial charge in [0.1, 0.15) is 5.76 Å². The molecule has 3 aromatic rings. The molecule has 0 spiro atoms. The highest BCUT2D eigenvalue weighted by molar-refractivity contribution is 6.02. The van der Waals surface area contributed by atoms with Crippen LogP contribution in [0.25, 0.3) is 0 Å². The number of benzene rings is 1. The summed E-state index contributed by atoms with van der Waals surface area (Å²) in [6, 6.07) is 11.0. The average Bonchev–Trinajstić information content (AvgIpc) is 2.96. The van der Waals surface area contributed by atoms with E-state index in [2.05, 4.69) is 32.1 Å². The lowest BCUT2D eigenvalue weighted by Gasteiger charge is -2.09. The molecule has 7 nitrogen and oxygen atoms in total. The Morgan fingerprint density at radius 3 is 2.46 bits per heavy atom. The van der Waals surface area contributed by atoms with Crippen LogP contribution in [0.15, 0.2) is 40.9 Å². The van der Waals surface area contributed by atoms with Gasteiger partial charge in [-0.25, -0.2) is 0 Å². The first-order chi connectivity index (χ1) is 11.5. The number of hydrogen-bond acceptors (Lipinski definition) is 6. The summed E-state index contributed by atoms with van der Waals surface area (Å²) in [5.41, 5.74) is 3.45. The first-order valence-electron chi connectivity index (χ1n) is 7.44. The summed E-state index contributed by atoms with van der Waals surface area (Å²) in [7, 11) is 0. The number of hydrogen-bond donors (Lipinski definition) is 2. The number of nitrogens with one attached hydrogen (secondary N) is 2. The van der Waals surface area contributed by atoms with Crippen LogP contribution < -0.4 is 10.6 Å². The van der Waals surface area contributed by atoms with Crippen molar-refractivity contribution >= 4 is 23.2 Å². The molecule has 0 atom stereocenters. The zero-order valence-corrected chi connectivity index (χ0v) is 13.6. The first kappa shape index (κ1) is 15.7. The topological polar surface area (TPSA) is 92.9 Å². The highest BCUT2D eigenvalue weighted by Gasteiger charge is 2.11. The van der Waals surface area contributed by atoms with E-state index in [1.807, 2.05) is 26.0 Å². The third-order valence-electron chi connectivity index (χ3n) is 3.41. The Bertz CT molecular complexity index is 871. The third-order valence-corrected chi connectivity index (χ3v) is 3.41. The molecular weight excluding hydrogens is 306 g/mol. The summed E-state index contributed by atoms with van der Waals surface area (Å²) < 4.78 is 4.90. The lowest BCUT2D eigenvalue weighted by atomic mass is 10.1. The minimum atomic E-state index is -0.395. The van der Waals surface area contributed by atoms with Crippen LogP contribution >= 0.6 is 0 Å². The molecule has 122 valence electrons. The van der Waals surface area contributed by atoms with Gasteiger partial charge in [-0.15, -0.1) is 10.2 Å². The minimum absolute atomic E-state index is 0.196. The van der Waals surface area contributed by atoms with Gasteiger partial charge in [0.2, 0.25) is 0 Å². The van der Waals surface area contributed by atoms with Gasteiger partial charge >= 0.3 is 0 Å². The molecule has 0 unspecified atom stereocenters. The van der Waals surface area contributed by atoms with E-state index in [0.717, 1.165) is 11.3 Å². The number of carbonyl (C=O) groups is 1. The number of amides is 1. The highest BCUT2D eigenvalue weighted by Crippen LogP contribution is 2.20. The summed E-state index contributed by atoms with van der Waals surface area (Å²) >= 11 is 0. The van der Waals surface area contributed by atoms with Crippen LogP contribution in [-0.2, 0) is 0 Å². The summed E-state index contributed by atoms with van der Waals surface area (Å²) in [4.78, 5) is 12.1. The SMILES string of the molecule is Cc1ccc(Nc2ccc(C(=O)Nc3cc(C)on3)nn2)c(C)c1. The highest BCUT2D eigenvalue weighted by atomic mass is 16.5. The van der Waals surface area contributed by atoms with Gasteiger partial charge in [-0.05, 0) is 44.5 Å². The van der Waals surface area contributed by atoms with Crippen molar-refractivity contribution in [3.05, 3.63) is 59.0 Å². The molecule has 7 heteroatoms. The Morgan fingerprint density at radius 2 is 1.83 bits per heavy atom. The molecule has 0 aliphatic carbocycles. The Morgan fingerprint density at radius 1 is 1.00 bits per heavy atom. The summed E-state index contributed by atoms with van der Waals surface area (Å²) in [5.74, 6) is 1.13. The molecule has 2 N–H and O–H groups in total. The van der Waals surface area contributed by atoms with Gasteiger partial charge in [0.05, 0.1) is 0 Å². The van der Waals surface area contributed by atoms with Crippen LogP contribution in [0.3, 0.4) is 0 Å². The normalized spacial score (nSPS) is 10.5. The number of aryl methyl sites for hydroxylation is 3. The number of aromatic nitrogens is 3. The molecule has 24 heavy (non-hydrogen) atoms. The van der Waals surface area contributed by atoms with Crippen molar-refractivity contribution in [1.29, 1.82) is 0 Å². The fourth-order valence-electron chi connectivity index (χ4n) is 2.22. The van der Waals surface area contributed by atoms with Crippen molar-refractivity contribution in [3.63, 3.8) is 0 Å². The summed E-state index contributed by atoms with van der Waals surface area (Å²) in [6.45, 7) is 5.81. The molecule has 1 aromatic carbocycles. The molecular formula is C17H17N5O2. The van der Waals surface area contributed by atoms with Crippen molar-refractivity contribution in [3.8, 4) is 0 Å². The maximum Gasteiger partial charge on any atom is 0.277 e. The second-order valence-electron chi connectivity index (χ2n) is 5.52. The Hall–Kier alpha value is -3.22. The van der Waals surface area contributed by atoms with E-state index in [4.69, 9.17) is 4.52 Å². The summed E-state index contributed by atoms with van der Waals surface area (Å²) in [5, 5.41) is 17.5. The summed E-state index contributed by atoms with van der Waals surface area (Å²) in [6.07, 6.45) is 0. The lowest BCUT2D eigenvalue weighted by molar-refractivity contribution is 0.102. The van der Waals surface area contributed by atoms with Crippen LogP contribution in [0, 0.1) is 20.8 Å². The maximum atomic E-state index is 12.1. The fraction of sp³-hybridized carbons (Fsp3) is 0.176. The molecule has 2 heterocycles. The van der Waals surface area contributed by atoms with Crippen LogP contribution in [0.4, 0.5) is 17.3 Å². The molecule has 1 amide bonds. The second-order valence-corrected chi connectivity index (χ2v) is 5.52. The molecule has 2 aromatic heterocycles. The molecule has 3 rings (SSSR count). The number of anilines is 3. The minimum Gasteiger partial charge on any atom is -0.360 e. The van der Waals surface area contributed by atoms with E-state index in [0.29, 0.717) is 17.4 Å². The monoisotopic (exact) mass is 323 g/mol. The van der Waals surface area contributed by atoms with Crippen LogP contribution in [0.5, 0.6) is 0 Å². The molecule has 0 fully saturated rings.